The number of hydrogen-bond donors (Lipinski definition) is 0. The summed E-state index contributed by atoms with van der Waals surface area (Å²) in [4.78, 5) is -2.01. The van der Waals surface area contributed by atoms with E-state index in [0.717, 1.165) is 6.07 Å². The molecule has 0 heterocycles. The highest BCUT2D eigenvalue weighted by Crippen LogP contribution is 2.30. The molecule has 0 unspecified atom stereocenters. The van der Waals surface area contributed by atoms with Gasteiger partial charge in [-0.05, 0) is 62.8 Å². The fourth-order valence-electron chi connectivity index (χ4n) is 14.3. The monoisotopic (exact) mass is 1390 g/mol. The zero-order chi connectivity index (χ0) is 70.6. The van der Waals surface area contributed by atoms with Crippen LogP contribution < -0.4 is 0 Å². The normalized spacial score (nSPS) is 12.1. The van der Waals surface area contributed by atoms with Crippen molar-refractivity contribution in [1.82, 2.24) is 0 Å². The molecule has 0 fully saturated rings. The lowest BCUT2D eigenvalue weighted by molar-refractivity contribution is -0.890. The molecule has 568 valence electrons. The second-order valence-corrected chi connectivity index (χ2v) is 34.2. The van der Waals surface area contributed by atoms with E-state index in [9.17, 15) is 25.9 Å². The van der Waals surface area contributed by atoms with Crippen LogP contribution in [0.2, 0.25) is 0 Å². The number of benzene rings is 2. The summed E-state index contributed by atoms with van der Waals surface area (Å²) in [6, 6.07) is 7.91. The number of rotatable bonds is 70. The van der Waals surface area contributed by atoms with Gasteiger partial charge in [0.2, 0.25) is 0 Å². The first-order valence-corrected chi connectivity index (χ1v) is 45.3. The second kappa shape index (κ2) is 67.9. The van der Waals surface area contributed by atoms with E-state index in [0.29, 0.717) is 5.39 Å². The molecule has 2 rings (SSSR count). The third-order valence-corrected chi connectivity index (χ3v) is 22.8. The van der Waals surface area contributed by atoms with Crippen LogP contribution in [0.25, 0.3) is 10.8 Å². The van der Waals surface area contributed by atoms with Gasteiger partial charge in [0.25, 0.3) is 0 Å². The third-order valence-electron chi connectivity index (χ3n) is 20.8. The van der Waals surface area contributed by atoms with Gasteiger partial charge in [0, 0.05) is 5.39 Å². The van der Waals surface area contributed by atoms with Crippen molar-refractivity contribution in [2.45, 2.75) is 448 Å². The molecule has 0 spiro atoms. The molecule has 0 amide bonds. The van der Waals surface area contributed by atoms with Crippen LogP contribution in [-0.4, -0.2) is 89.3 Å². The number of nitrogens with zero attached hydrogens (tertiary/aromatic N) is 2. The van der Waals surface area contributed by atoms with Gasteiger partial charge in [-0.2, -0.15) is 0 Å². The Kier molecular flexibility index (Phi) is 66.8. The van der Waals surface area contributed by atoms with Crippen molar-refractivity contribution in [2.24, 2.45) is 0 Å². The lowest BCUT2D eigenvalue weighted by Gasteiger charge is -2.30. The summed E-state index contributed by atoms with van der Waals surface area (Å²) in [5, 5.41) is 0.281. The quantitative estimate of drug-likeness (QED) is 0.0370. The Balaban J connectivity index is 0.00000150. The molecular formula is C86H166N2O6S2. The highest BCUT2D eigenvalue weighted by Gasteiger charge is 2.19. The van der Waals surface area contributed by atoms with Gasteiger partial charge in [-0.1, -0.05) is 418 Å². The summed E-state index contributed by atoms with van der Waals surface area (Å²) in [6.07, 6.45) is 93.9. The Labute approximate surface area is 601 Å². The van der Waals surface area contributed by atoms with Crippen molar-refractivity contribution >= 4 is 31.0 Å². The van der Waals surface area contributed by atoms with Crippen molar-refractivity contribution in [3.8, 4) is 0 Å². The van der Waals surface area contributed by atoms with Crippen LogP contribution in [0.5, 0.6) is 0 Å². The SMILES string of the molecule is CCCCCCCCCCCCCCCCCC[N+](C)(C)CCCCCCCCCCCCCCCCCC.CCCCCCCCCCCCCCCCCC[N+](C)(C)CCCCCCCCCCCCCCCCCC.O=S(=O)([O-])c1ccc2ccccc2c1S(=O)(=O)[O-]. The van der Waals surface area contributed by atoms with Crippen molar-refractivity contribution in [1.29, 1.82) is 0 Å². The largest absolute Gasteiger partial charge is 0.744 e. The molecular weight excluding hydrogens is 1220 g/mol. The fraction of sp³-hybridized carbons (Fsp3) is 0.884. The fourth-order valence-corrected chi connectivity index (χ4v) is 16.2. The number of unbranched alkanes of at least 4 members (excludes halogenated alkanes) is 60. The smallest absolute Gasteiger partial charge is 0.126 e. The van der Waals surface area contributed by atoms with Crippen molar-refractivity contribution < 1.29 is 34.9 Å². The molecule has 0 aromatic heterocycles. The Hall–Kier alpha value is -1.56. The number of quaternary nitrogens is 2. The van der Waals surface area contributed by atoms with Crippen LogP contribution in [0.15, 0.2) is 46.2 Å². The van der Waals surface area contributed by atoms with Crippen LogP contribution in [0.4, 0.5) is 0 Å². The van der Waals surface area contributed by atoms with Gasteiger partial charge in [-0.3, -0.25) is 0 Å². The lowest BCUT2D eigenvalue weighted by atomic mass is 10.0. The lowest BCUT2D eigenvalue weighted by Crippen LogP contribution is -2.41. The average Bonchev–Trinajstić information content (AvgIpc) is 0.767. The molecule has 2 aromatic rings. The highest BCUT2D eigenvalue weighted by atomic mass is 32.2. The molecule has 0 saturated heterocycles. The summed E-state index contributed by atoms with van der Waals surface area (Å²) >= 11 is 0. The Morgan fingerprint density at radius 1 is 0.240 bits per heavy atom. The highest BCUT2D eigenvalue weighted by molar-refractivity contribution is 7.89. The van der Waals surface area contributed by atoms with E-state index < -0.39 is 30.0 Å². The maximum atomic E-state index is 11.2. The minimum atomic E-state index is -5.07. The first-order chi connectivity index (χ1) is 46.5. The van der Waals surface area contributed by atoms with Gasteiger partial charge in [0.05, 0.1) is 64.2 Å². The molecule has 0 aliphatic heterocycles. The zero-order valence-corrected chi connectivity index (χ0v) is 67.3. The van der Waals surface area contributed by atoms with Crippen LogP contribution in [0, 0.1) is 0 Å². The standard InChI is InChI=1S/2C38H80N.C10H8O6S2/c2*1-5-7-9-11-13-15-17-19-21-23-25-27-29-31-33-35-37-39(3,4)38-36-34-32-30-28-26-24-22-20-18-16-14-12-10-8-6-2;11-17(12,13)9-6-5-7-3-1-2-4-8(7)10(9)18(14,15)16/h2*5-38H2,1-4H3;1-6H,(H,11,12,13)(H,14,15,16)/q2*+1;/p-2. The van der Waals surface area contributed by atoms with E-state index in [1.807, 2.05) is 0 Å². The van der Waals surface area contributed by atoms with Gasteiger partial charge < -0.3 is 18.1 Å². The van der Waals surface area contributed by atoms with Gasteiger partial charge in [0.1, 0.15) is 20.2 Å². The van der Waals surface area contributed by atoms with Crippen molar-refractivity contribution in [3.05, 3.63) is 36.4 Å². The van der Waals surface area contributed by atoms with Crippen LogP contribution in [0.3, 0.4) is 0 Å². The third kappa shape index (κ3) is 63.4. The topological polar surface area (TPSA) is 114 Å². The molecule has 0 aliphatic rings. The molecule has 0 radical (unpaired) electrons. The van der Waals surface area contributed by atoms with E-state index in [1.165, 1.54) is 470 Å². The zero-order valence-electron chi connectivity index (χ0n) is 65.7. The van der Waals surface area contributed by atoms with Crippen LogP contribution in [-0.2, 0) is 20.2 Å². The minimum absolute atomic E-state index is 0.0792. The predicted molar refractivity (Wildman–Crippen MR) is 422 cm³/mol. The van der Waals surface area contributed by atoms with E-state index in [-0.39, 0.29) is 5.39 Å². The molecule has 8 nitrogen and oxygen atoms in total. The molecule has 2 aromatic carbocycles. The van der Waals surface area contributed by atoms with Gasteiger partial charge in [-0.15, -0.1) is 0 Å². The Morgan fingerprint density at radius 2 is 0.417 bits per heavy atom. The minimum Gasteiger partial charge on any atom is -0.744 e. The summed E-state index contributed by atoms with van der Waals surface area (Å²) in [5.41, 5.74) is 0. The van der Waals surface area contributed by atoms with E-state index in [1.54, 1.807) is 6.07 Å². The molecule has 0 bridgehead atoms. The molecule has 0 aliphatic carbocycles. The van der Waals surface area contributed by atoms with Crippen molar-refractivity contribution in [2.75, 3.05) is 54.4 Å². The number of fused-ring (bicyclic) bond motifs is 1. The van der Waals surface area contributed by atoms with E-state index in [2.05, 4.69) is 55.9 Å². The summed E-state index contributed by atoms with van der Waals surface area (Å²) in [6.45, 7) is 14.8. The number of hydrogen-bond acceptors (Lipinski definition) is 6. The molecule has 0 saturated carbocycles. The predicted octanol–water partition coefficient (Wildman–Crippen LogP) is 27.8. The van der Waals surface area contributed by atoms with Crippen LogP contribution >= 0.6 is 0 Å². The van der Waals surface area contributed by atoms with Crippen LogP contribution in [0.1, 0.15) is 439 Å². The second-order valence-electron chi connectivity index (χ2n) is 31.5. The van der Waals surface area contributed by atoms with E-state index >= 15 is 0 Å². The first kappa shape index (κ1) is 94.4. The molecule has 0 atom stereocenters. The average molecular weight is 1390 g/mol. The molecule has 0 N–H and O–H groups in total. The van der Waals surface area contributed by atoms with Crippen molar-refractivity contribution in [3.63, 3.8) is 0 Å². The molecule has 10 heteroatoms. The van der Waals surface area contributed by atoms with Gasteiger partial charge >= 0.3 is 0 Å². The summed E-state index contributed by atoms with van der Waals surface area (Å²) < 4.78 is 68.9. The summed E-state index contributed by atoms with van der Waals surface area (Å²) in [5.74, 6) is 0. The van der Waals surface area contributed by atoms with Gasteiger partial charge in [0.15, 0.2) is 0 Å². The summed E-state index contributed by atoms with van der Waals surface area (Å²) in [7, 11) is -0.235. The van der Waals surface area contributed by atoms with Gasteiger partial charge in [-0.25, -0.2) is 16.8 Å². The molecule has 96 heavy (non-hydrogen) atoms. The maximum absolute atomic E-state index is 11.2. The first-order valence-electron chi connectivity index (χ1n) is 42.5. The maximum Gasteiger partial charge on any atom is 0.126 e. The van der Waals surface area contributed by atoms with E-state index in [4.69, 9.17) is 0 Å². The Bertz CT molecular complexity index is 2010. The Morgan fingerprint density at radius 3 is 0.594 bits per heavy atom.